The van der Waals surface area contributed by atoms with Gasteiger partial charge in [0.1, 0.15) is 0 Å². The topological polar surface area (TPSA) is 29.3 Å². The van der Waals surface area contributed by atoms with Gasteiger partial charge in [0.25, 0.3) is 0 Å². The van der Waals surface area contributed by atoms with Crippen LogP contribution in [0.1, 0.15) is 45.4 Å². The lowest BCUT2D eigenvalue weighted by molar-refractivity contribution is 0.148. The average molecular weight is 210 g/mol. The molecule has 0 aromatic carbocycles. The minimum atomic E-state index is 0.444. The van der Waals surface area contributed by atoms with E-state index in [-0.39, 0.29) is 0 Å². The molecule has 0 amide bonds. The van der Waals surface area contributed by atoms with E-state index in [1.165, 1.54) is 51.6 Å². The Balaban J connectivity index is 1.75. The summed E-state index contributed by atoms with van der Waals surface area (Å²) in [6, 6.07) is 0.444. The van der Waals surface area contributed by atoms with Crippen molar-refractivity contribution >= 4 is 0 Å². The zero-order chi connectivity index (χ0) is 10.7. The predicted molar refractivity (Wildman–Crippen MR) is 64.8 cm³/mol. The minimum Gasteiger partial charge on any atom is -0.327 e. The van der Waals surface area contributed by atoms with Gasteiger partial charge in [-0.05, 0) is 44.1 Å². The van der Waals surface area contributed by atoms with E-state index < -0.39 is 0 Å². The van der Waals surface area contributed by atoms with Crippen LogP contribution < -0.4 is 5.73 Å². The average Bonchev–Trinajstić information content (AvgIpc) is 2.17. The summed E-state index contributed by atoms with van der Waals surface area (Å²) in [5, 5.41) is 0. The molecule has 2 aliphatic rings. The van der Waals surface area contributed by atoms with Crippen LogP contribution in [0, 0.1) is 11.8 Å². The van der Waals surface area contributed by atoms with Crippen molar-refractivity contribution in [3.63, 3.8) is 0 Å². The number of likely N-dealkylation sites (tertiary alicyclic amines) is 1. The van der Waals surface area contributed by atoms with Crippen LogP contribution in [0.15, 0.2) is 0 Å². The highest BCUT2D eigenvalue weighted by atomic mass is 15.1. The van der Waals surface area contributed by atoms with E-state index in [2.05, 4.69) is 11.8 Å². The molecule has 0 aromatic rings. The lowest BCUT2D eigenvalue weighted by Crippen LogP contribution is -2.45. The van der Waals surface area contributed by atoms with Crippen molar-refractivity contribution < 1.29 is 0 Å². The first-order chi connectivity index (χ1) is 7.24. The lowest BCUT2D eigenvalue weighted by atomic mass is 9.82. The predicted octanol–water partition coefficient (Wildman–Crippen LogP) is 2.24. The molecule has 2 unspecified atom stereocenters. The van der Waals surface area contributed by atoms with Gasteiger partial charge >= 0.3 is 0 Å². The summed E-state index contributed by atoms with van der Waals surface area (Å²) < 4.78 is 0. The monoisotopic (exact) mass is 210 g/mol. The number of hydrogen-bond acceptors (Lipinski definition) is 2. The summed E-state index contributed by atoms with van der Waals surface area (Å²) in [7, 11) is 0. The molecule has 88 valence electrons. The fraction of sp³-hybridized carbons (Fsp3) is 1.00. The number of nitrogens with zero attached hydrogens (tertiary/aromatic N) is 1. The van der Waals surface area contributed by atoms with E-state index in [9.17, 15) is 0 Å². The molecule has 15 heavy (non-hydrogen) atoms. The molecule has 0 bridgehead atoms. The molecule has 2 N–H and O–H groups in total. The molecule has 2 fully saturated rings. The van der Waals surface area contributed by atoms with Gasteiger partial charge in [0, 0.05) is 19.1 Å². The molecular weight excluding hydrogens is 184 g/mol. The largest absolute Gasteiger partial charge is 0.327 e. The maximum Gasteiger partial charge on any atom is 0.0168 e. The molecule has 0 aromatic heterocycles. The van der Waals surface area contributed by atoms with Crippen molar-refractivity contribution in [3.8, 4) is 0 Å². The zero-order valence-electron chi connectivity index (χ0n) is 10.1. The van der Waals surface area contributed by atoms with Crippen LogP contribution in [0.2, 0.25) is 0 Å². The van der Waals surface area contributed by atoms with Gasteiger partial charge in [0.15, 0.2) is 0 Å². The Morgan fingerprint density at radius 2 is 2.07 bits per heavy atom. The molecule has 1 saturated heterocycles. The molecule has 1 aliphatic heterocycles. The molecule has 2 rings (SSSR count). The highest BCUT2D eigenvalue weighted by molar-refractivity contribution is 4.79. The smallest absolute Gasteiger partial charge is 0.0168 e. The fourth-order valence-corrected chi connectivity index (χ4v) is 3.35. The summed E-state index contributed by atoms with van der Waals surface area (Å²) >= 11 is 0. The van der Waals surface area contributed by atoms with Crippen LogP contribution in [-0.4, -0.2) is 30.6 Å². The van der Waals surface area contributed by atoms with Gasteiger partial charge in [-0.1, -0.05) is 19.8 Å². The van der Waals surface area contributed by atoms with Crippen LogP contribution in [0.25, 0.3) is 0 Å². The number of hydrogen-bond donors (Lipinski definition) is 1. The van der Waals surface area contributed by atoms with Crippen molar-refractivity contribution in [2.24, 2.45) is 17.6 Å². The van der Waals surface area contributed by atoms with Crippen LogP contribution in [0.5, 0.6) is 0 Å². The first-order valence-electron chi connectivity index (χ1n) is 6.72. The first kappa shape index (κ1) is 11.4. The normalized spacial score (nSPS) is 39.2. The Hall–Kier alpha value is -0.0800. The lowest BCUT2D eigenvalue weighted by Gasteiger charge is -2.36. The van der Waals surface area contributed by atoms with E-state index >= 15 is 0 Å². The summed E-state index contributed by atoms with van der Waals surface area (Å²) in [4.78, 5) is 2.61. The third-order valence-electron chi connectivity index (χ3n) is 4.10. The number of rotatable bonds is 2. The van der Waals surface area contributed by atoms with Gasteiger partial charge < -0.3 is 10.6 Å². The zero-order valence-corrected chi connectivity index (χ0v) is 10.1. The number of piperidine rings is 1. The summed E-state index contributed by atoms with van der Waals surface area (Å²) in [6.45, 7) is 6.16. The standard InChI is InChI=1S/C13H26N2/c1-11-4-2-5-12(8-11)9-15-7-3-6-13(14)10-15/h11-13H,2-10,14H2,1H3/t11?,12?,13-/m1/s1. The van der Waals surface area contributed by atoms with E-state index in [4.69, 9.17) is 5.73 Å². The van der Waals surface area contributed by atoms with Gasteiger partial charge in [-0.25, -0.2) is 0 Å². The second-order valence-electron chi connectivity index (χ2n) is 5.80. The summed E-state index contributed by atoms with van der Waals surface area (Å²) in [5.74, 6) is 1.92. The van der Waals surface area contributed by atoms with Crippen molar-refractivity contribution in [3.05, 3.63) is 0 Å². The van der Waals surface area contributed by atoms with Crippen molar-refractivity contribution in [1.82, 2.24) is 4.90 Å². The maximum absolute atomic E-state index is 6.02. The molecular formula is C13H26N2. The van der Waals surface area contributed by atoms with Gasteiger partial charge in [0.05, 0.1) is 0 Å². The quantitative estimate of drug-likeness (QED) is 0.757. The molecule has 1 aliphatic carbocycles. The fourth-order valence-electron chi connectivity index (χ4n) is 3.35. The van der Waals surface area contributed by atoms with Gasteiger partial charge in [-0.15, -0.1) is 0 Å². The third-order valence-corrected chi connectivity index (χ3v) is 4.10. The highest BCUT2D eigenvalue weighted by Crippen LogP contribution is 2.29. The minimum absolute atomic E-state index is 0.444. The highest BCUT2D eigenvalue weighted by Gasteiger charge is 2.23. The molecule has 1 heterocycles. The van der Waals surface area contributed by atoms with Crippen LogP contribution >= 0.6 is 0 Å². The second kappa shape index (κ2) is 5.31. The van der Waals surface area contributed by atoms with Crippen molar-refractivity contribution in [2.75, 3.05) is 19.6 Å². The maximum atomic E-state index is 6.02. The Morgan fingerprint density at radius 1 is 1.20 bits per heavy atom. The molecule has 3 atom stereocenters. The van der Waals surface area contributed by atoms with Crippen molar-refractivity contribution in [1.29, 1.82) is 0 Å². The summed E-state index contributed by atoms with van der Waals surface area (Å²) in [6.07, 6.45) is 8.35. The Labute approximate surface area is 94.2 Å². The van der Waals surface area contributed by atoms with Gasteiger partial charge in [-0.2, -0.15) is 0 Å². The van der Waals surface area contributed by atoms with Crippen LogP contribution in [0.4, 0.5) is 0 Å². The van der Waals surface area contributed by atoms with E-state index in [1.54, 1.807) is 0 Å². The Morgan fingerprint density at radius 3 is 2.80 bits per heavy atom. The van der Waals surface area contributed by atoms with E-state index in [0.717, 1.165) is 18.4 Å². The molecule has 1 saturated carbocycles. The molecule has 2 heteroatoms. The Bertz CT molecular complexity index is 173. The van der Waals surface area contributed by atoms with Gasteiger partial charge in [0.2, 0.25) is 0 Å². The van der Waals surface area contributed by atoms with Crippen LogP contribution in [0.3, 0.4) is 0 Å². The SMILES string of the molecule is CC1CCCC(CN2CCC[C@@H](N)C2)C1. The van der Waals surface area contributed by atoms with E-state index in [1.807, 2.05) is 0 Å². The second-order valence-corrected chi connectivity index (χ2v) is 5.80. The Kier molecular flexibility index (Phi) is 4.04. The number of nitrogens with two attached hydrogens (primary N) is 1. The first-order valence-corrected chi connectivity index (χ1v) is 6.72. The third kappa shape index (κ3) is 3.46. The van der Waals surface area contributed by atoms with Gasteiger partial charge in [-0.3, -0.25) is 0 Å². The molecule has 2 nitrogen and oxygen atoms in total. The van der Waals surface area contributed by atoms with E-state index in [0.29, 0.717) is 6.04 Å². The molecule has 0 spiro atoms. The van der Waals surface area contributed by atoms with Crippen LogP contribution in [-0.2, 0) is 0 Å². The summed E-state index contributed by atoms with van der Waals surface area (Å²) in [5.41, 5.74) is 6.02. The van der Waals surface area contributed by atoms with Crippen molar-refractivity contribution in [2.45, 2.75) is 51.5 Å². The molecule has 0 radical (unpaired) electrons.